The van der Waals surface area contributed by atoms with Gasteiger partial charge in [0.25, 0.3) is 0 Å². The minimum atomic E-state index is 0.0693. The molecule has 1 unspecified atom stereocenters. The fourth-order valence-electron chi connectivity index (χ4n) is 1.91. The Bertz CT molecular complexity index is 499. The van der Waals surface area contributed by atoms with Gasteiger partial charge in [0, 0.05) is 5.56 Å². The van der Waals surface area contributed by atoms with Crippen LogP contribution in [0.3, 0.4) is 0 Å². The zero-order valence-electron chi connectivity index (χ0n) is 11.3. The number of benzene rings is 2. The third kappa shape index (κ3) is 3.81. The van der Waals surface area contributed by atoms with Crippen molar-refractivity contribution in [1.29, 1.82) is 0 Å². The van der Waals surface area contributed by atoms with Crippen LogP contribution in [-0.4, -0.2) is 7.11 Å². The first-order valence-corrected chi connectivity index (χ1v) is 6.35. The van der Waals surface area contributed by atoms with Crippen LogP contribution in [0.1, 0.15) is 24.1 Å². The molecule has 0 bridgehead atoms. The van der Waals surface area contributed by atoms with Crippen LogP contribution in [0.2, 0.25) is 0 Å². The molecular weight excluding hydrogens is 238 g/mol. The lowest BCUT2D eigenvalue weighted by molar-refractivity contribution is 0.00654. The van der Waals surface area contributed by atoms with Crippen LogP contribution in [0.25, 0.3) is 0 Å². The van der Waals surface area contributed by atoms with E-state index >= 15 is 0 Å². The molecule has 2 rings (SSSR count). The van der Waals surface area contributed by atoms with Crippen molar-refractivity contribution >= 4 is 0 Å². The first-order chi connectivity index (χ1) is 9.31. The number of hydroxylamine groups is 1. The molecule has 0 aromatic heterocycles. The van der Waals surface area contributed by atoms with Gasteiger partial charge >= 0.3 is 0 Å². The van der Waals surface area contributed by atoms with Crippen LogP contribution < -0.4 is 10.2 Å². The van der Waals surface area contributed by atoms with E-state index in [0.717, 1.165) is 16.9 Å². The molecule has 3 heteroatoms. The fourth-order valence-corrected chi connectivity index (χ4v) is 1.91. The number of nitrogens with one attached hydrogen (secondary N) is 1. The molecule has 0 aliphatic heterocycles. The Hall–Kier alpha value is -1.84. The standard InChI is InChI=1S/C16H19NO2/c1-13(15-10-6-7-11-16(15)18-2)17-19-12-14-8-4-3-5-9-14/h3-11,13,17H,12H2,1-2H3. The van der Waals surface area contributed by atoms with Gasteiger partial charge in [-0.1, -0.05) is 48.5 Å². The normalized spacial score (nSPS) is 12.1. The highest BCUT2D eigenvalue weighted by molar-refractivity contribution is 5.35. The van der Waals surface area contributed by atoms with E-state index in [4.69, 9.17) is 9.57 Å². The number of hydrogen-bond donors (Lipinski definition) is 1. The fraction of sp³-hybridized carbons (Fsp3) is 0.250. The maximum atomic E-state index is 5.53. The summed E-state index contributed by atoms with van der Waals surface area (Å²) in [4.78, 5) is 5.53. The van der Waals surface area contributed by atoms with Crippen LogP contribution in [0.15, 0.2) is 54.6 Å². The summed E-state index contributed by atoms with van der Waals surface area (Å²) in [6, 6.07) is 18.1. The van der Waals surface area contributed by atoms with E-state index in [9.17, 15) is 0 Å². The molecule has 100 valence electrons. The van der Waals surface area contributed by atoms with E-state index in [1.54, 1.807) is 7.11 Å². The van der Waals surface area contributed by atoms with Crippen molar-refractivity contribution < 1.29 is 9.57 Å². The molecule has 0 amide bonds. The second-order valence-electron chi connectivity index (χ2n) is 4.36. The molecule has 0 spiro atoms. The first-order valence-electron chi connectivity index (χ1n) is 6.35. The van der Waals surface area contributed by atoms with Crippen molar-refractivity contribution in [1.82, 2.24) is 5.48 Å². The number of hydrogen-bond acceptors (Lipinski definition) is 3. The van der Waals surface area contributed by atoms with E-state index < -0.39 is 0 Å². The van der Waals surface area contributed by atoms with Gasteiger partial charge < -0.3 is 4.74 Å². The second-order valence-corrected chi connectivity index (χ2v) is 4.36. The molecular formula is C16H19NO2. The van der Waals surface area contributed by atoms with Crippen molar-refractivity contribution in [3.63, 3.8) is 0 Å². The van der Waals surface area contributed by atoms with Gasteiger partial charge in [-0.25, -0.2) is 0 Å². The Balaban J connectivity index is 1.89. The summed E-state index contributed by atoms with van der Waals surface area (Å²) in [5.74, 6) is 0.866. The molecule has 0 saturated carbocycles. The quantitative estimate of drug-likeness (QED) is 0.804. The minimum absolute atomic E-state index is 0.0693. The third-order valence-corrected chi connectivity index (χ3v) is 2.95. The molecule has 0 saturated heterocycles. The van der Waals surface area contributed by atoms with Crippen LogP contribution in [0.4, 0.5) is 0 Å². The van der Waals surface area contributed by atoms with Crippen LogP contribution in [-0.2, 0) is 11.4 Å². The van der Waals surface area contributed by atoms with Crippen molar-refractivity contribution in [2.75, 3.05) is 7.11 Å². The molecule has 2 aromatic carbocycles. The summed E-state index contributed by atoms with van der Waals surface area (Å²) in [5, 5.41) is 0. The van der Waals surface area contributed by atoms with Gasteiger partial charge in [0.05, 0.1) is 19.8 Å². The van der Waals surface area contributed by atoms with Crippen LogP contribution >= 0.6 is 0 Å². The largest absolute Gasteiger partial charge is 0.496 e. The van der Waals surface area contributed by atoms with E-state index in [0.29, 0.717) is 6.61 Å². The Kier molecular flexibility index (Phi) is 4.95. The van der Waals surface area contributed by atoms with Crippen molar-refractivity contribution in [2.45, 2.75) is 19.6 Å². The molecule has 0 heterocycles. The predicted molar refractivity (Wildman–Crippen MR) is 75.8 cm³/mol. The van der Waals surface area contributed by atoms with E-state index in [1.165, 1.54) is 0 Å². The van der Waals surface area contributed by atoms with Gasteiger partial charge in [0.1, 0.15) is 5.75 Å². The smallest absolute Gasteiger partial charge is 0.123 e. The molecule has 1 N–H and O–H groups in total. The highest BCUT2D eigenvalue weighted by Gasteiger charge is 2.10. The highest BCUT2D eigenvalue weighted by atomic mass is 16.6. The first kappa shape index (κ1) is 13.6. The average Bonchev–Trinajstić information content (AvgIpc) is 2.48. The summed E-state index contributed by atoms with van der Waals surface area (Å²) in [6.45, 7) is 2.59. The SMILES string of the molecule is COc1ccccc1C(C)NOCc1ccccc1. The van der Waals surface area contributed by atoms with Gasteiger partial charge in [-0.3, -0.25) is 4.84 Å². The average molecular weight is 257 g/mol. The van der Waals surface area contributed by atoms with Gasteiger partial charge in [-0.05, 0) is 18.6 Å². The zero-order valence-corrected chi connectivity index (χ0v) is 11.3. The van der Waals surface area contributed by atoms with Crippen molar-refractivity contribution in [3.05, 3.63) is 65.7 Å². The summed E-state index contributed by atoms with van der Waals surface area (Å²) in [5.41, 5.74) is 5.26. The van der Waals surface area contributed by atoms with Crippen molar-refractivity contribution in [3.8, 4) is 5.75 Å². The van der Waals surface area contributed by atoms with Gasteiger partial charge in [-0.2, -0.15) is 5.48 Å². The Morgan fingerprint density at radius 2 is 1.68 bits per heavy atom. The van der Waals surface area contributed by atoms with Crippen LogP contribution in [0.5, 0.6) is 5.75 Å². The molecule has 0 aliphatic rings. The lowest BCUT2D eigenvalue weighted by atomic mass is 10.1. The lowest BCUT2D eigenvalue weighted by Gasteiger charge is -2.17. The molecule has 19 heavy (non-hydrogen) atoms. The van der Waals surface area contributed by atoms with Gasteiger partial charge in [0.2, 0.25) is 0 Å². The second kappa shape index (κ2) is 6.92. The topological polar surface area (TPSA) is 30.5 Å². The Morgan fingerprint density at radius 1 is 1.00 bits per heavy atom. The molecule has 0 aliphatic carbocycles. The van der Waals surface area contributed by atoms with Gasteiger partial charge in [-0.15, -0.1) is 0 Å². The maximum Gasteiger partial charge on any atom is 0.123 e. The van der Waals surface area contributed by atoms with Crippen LogP contribution in [0, 0.1) is 0 Å². The molecule has 2 aromatic rings. The molecule has 1 atom stereocenters. The van der Waals surface area contributed by atoms with E-state index in [-0.39, 0.29) is 6.04 Å². The number of para-hydroxylation sites is 1. The van der Waals surface area contributed by atoms with Crippen molar-refractivity contribution in [2.24, 2.45) is 0 Å². The Morgan fingerprint density at radius 3 is 2.42 bits per heavy atom. The van der Waals surface area contributed by atoms with Gasteiger partial charge in [0.15, 0.2) is 0 Å². The van der Waals surface area contributed by atoms with E-state index in [1.807, 2.05) is 61.5 Å². The summed E-state index contributed by atoms with van der Waals surface area (Å²) >= 11 is 0. The predicted octanol–water partition coefficient (Wildman–Crippen LogP) is 3.48. The summed E-state index contributed by atoms with van der Waals surface area (Å²) < 4.78 is 5.34. The molecule has 0 fully saturated rings. The number of methoxy groups -OCH3 is 1. The molecule has 0 radical (unpaired) electrons. The highest BCUT2D eigenvalue weighted by Crippen LogP contribution is 2.24. The summed E-state index contributed by atoms with van der Waals surface area (Å²) in [6.07, 6.45) is 0. The zero-order chi connectivity index (χ0) is 13.5. The Labute approximate surface area is 114 Å². The summed E-state index contributed by atoms with van der Waals surface area (Å²) in [7, 11) is 1.68. The maximum absolute atomic E-state index is 5.53. The number of rotatable bonds is 6. The minimum Gasteiger partial charge on any atom is -0.496 e. The number of ether oxygens (including phenoxy) is 1. The van der Waals surface area contributed by atoms with E-state index in [2.05, 4.69) is 5.48 Å². The third-order valence-electron chi connectivity index (χ3n) is 2.95. The molecule has 3 nitrogen and oxygen atoms in total. The lowest BCUT2D eigenvalue weighted by Crippen LogP contribution is -2.19. The monoisotopic (exact) mass is 257 g/mol.